The summed E-state index contributed by atoms with van der Waals surface area (Å²) in [5.74, 6) is 0.381. The molecule has 0 saturated carbocycles. The van der Waals surface area contributed by atoms with E-state index in [2.05, 4.69) is 33.1 Å². The molecule has 0 spiro atoms. The number of benzene rings is 1. The molecule has 1 aromatic rings. The van der Waals surface area contributed by atoms with Crippen molar-refractivity contribution in [1.82, 2.24) is 10.2 Å². The Labute approximate surface area is 135 Å². The van der Waals surface area contributed by atoms with Gasteiger partial charge in [0.15, 0.2) is 0 Å². The Hall–Kier alpha value is -1.07. The van der Waals surface area contributed by atoms with Gasteiger partial charge in [0.25, 0.3) is 5.91 Å². The highest BCUT2D eigenvalue weighted by atomic mass is 79.9. The molecule has 5 heteroatoms. The van der Waals surface area contributed by atoms with Gasteiger partial charge in [-0.3, -0.25) is 4.79 Å². The lowest BCUT2D eigenvalue weighted by atomic mass is 10.1. The second-order valence-corrected chi connectivity index (χ2v) is 6.77. The fourth-order valence-electron chi connectivity index (χ4n) is 2.73. The van der Waals surface area contributed by atoms with E-state index >= 15 is 0 Å². The average Bonchev–Trinajstić information content (AvgIpc) is 2.48. The summed E-state index contributed by atoms with van der Waals surface area (Å²) in [7, 11) is 0. The van der Waals surface area contributed by atoms with Crippen molar-refractivity contribution in [3.63, 3.8) is 0 Å². The Kier molecular flexibility index (Phi) is 6.06. The highest BCUT2D eigenvalue weighted by Gasteiger charge is 2.15. The second kappa shape index (κ2) is 7.80. The summed E-state index contributed by atoms with van der Waals surface area (Å²) >= 11 is 3.39. The molecule has 1 saturated heterocycles. The third-order valence-electron chi connectivity index (χ3n) is 3.86. The Morgan fingerprint density at radius 3 is 2.81 bits per heavy atom. The van der Waals surface area contributed by atoms with Gasteiger partial charge in [0.1, 0.15) is 0 Å². The Bertz CT molecular complexity index is 486. The molecule has 1 aromatic carbocycles. The van der Waals surface area contributed by atoms with Crippen LogP contribution in [-0.2, 0) is 0 Å². The first-order valence-electron chi connectivity index (χ1n) is 7.62. The standard InChI is InChI=1S/C16H24BrN3O/c1-12(11-20-7-3-2-4-8-20)10-19-16(21)14-9-13(18)5-6-15(14)17/h5-6,9,12H,2-4,7-8,10-11,18H2,1H3,(H,19,21). The van der Waals surface area contributed by atoms with E-state index in [1.165, 1.54) is 32.4 Å². The number of carbonyl (C=O) groups excluding carboxylic acids is 1. The number of nitrogen functional groups attached to an aromatic ring is 1. The van der Waals surface area contributed by atoms with E-state index in [0.29, 0.717) is 23.7 Å². The zero-order valence-electron chi connectivity index (χ0n) is 12.6. The molecule has 1 amide bonds. The molecule has 1 unspecified atom stereocenters. The second-order valence-electron chi connectivity index (χ2n) is 5.92. The molecule has 1 atom stereocenters. The molecule has 1 aliphatic rings. The number of amides is 1. The molecule has 3 N–H and O–H groups in total. The zero-order valence-corrected chi connectivity index (χ0v) is 14.2. The van der Waals surface area contributed by atoms with E-state index in [1.54, 1.807) is 18.2 Å². The maximum atomic E-state index is 12.2. The van der Waals surface area contributed by atoms with E-state index in [0.717, 1.165) is 11.0 Å². The number of hydrogen-bond acceptors (Lipinski definition) is 3. The molecule has 1 aliphatic heterocycles. The first-order valence-corrected chi connectivity index (χ1v) is 8.41. The van der Waals surface area contributed by atoms with Gasteiger partial charge in [-0.05, 0) is 66.0 Å². The summed E-state index contributed by atoms with van der Waals surface area (Å²) in [4.78, 5) is 14.7. The number of nitrogens with two attached hydrogens (primary N) is 1. The third-order valence-corrected chi connectivity index (χ3v) is 4.56. The summed E-state index contributed by atoms with van der Waals surface area (Å²) in [6, 6.07) is 5.29. The Morgan fingerprint density at radius 2 is 2.10 bits per heavy atom. The molecule has 1 fully saturated rings. The fourth-order valence-corrected chi connectivity index (χ4v) is 3.15. The lowest BCUT2D eigenvalue weighted by Gasteiger charge is -2.29. The van der Waals surface area contributed by atoms with Crippen LogP contribution in [0.4, 0.5) is 5.69 Å². The molecular formula is C16H24BrN3O. The van der Waals surface area contributed by atoms with Gasteiger partial charge >= 0.3 is 0 Å². The van der Waals surface area contributed by atoms with Crippen LogP contribution >= 0.6 is 15.9 Å². The van der Waals surface area contributed by atoms with E-state index in [-0.39, 0.29) is 5.91 Å². The first-order chi connectivity index (χ1) is 10.1. The molecule has 116 valence electrons. The molecule has 0 aromatic heterocycles. The summed E-state index contributed by atoms with van der Waals surface area (Å²) in [5.41, 5.74) is 6.94. The predicted molar refractivity (Wildman–Crippen MR) is 90.3 cm³/mol. The molecule has 0 radical (unpaired) electrons. The number of nitrogens with zero attached hydrogens (tertiary/aromatic N) is 1. The smallest absolute Gasteiger partial charge is 0.252 e. The van der Waals surface area contributed by atoms with E-state index in [4.69, 9.17) is 5.73 Å². The van der Waals surface area contributed by atoms with Crippen LogP contribution in [0.3, 0.4) is 0 Å². The topological polar surface area (TPSA) is 58.4 Å². The Morgan fingerprint density at radius 1 is 1.38 bits per heavy atom. The maximum absolute atomic E-state index is 12.2. The monoisotopic (exact) mass is 353 g/mol. The van der Waals surface area contributed by atoms with Gasteiger partial charge in [0, 0.05) is 23.2 Å². The minimum atomic E-state index is -0.0698. The number of carbonyl (C=O) groups is 1. The minimum Gasteiger partial charge on any atom is -0.399 e. The van der Waals surface area contributed by atoms with Crippen molar-refractivity contribution in [3.8, 4) is 0 Å². The van der Waals surface area contributed by atoms with Crippen LogP contribution in [0.1, 0.15) is 36.5 Å². The summed E-state index contributed by atoms with van der Waals surface area (Å²) in [5, 5.41) is 3.01. The highest BCUT2D eigenvalue weighted by Crippen LogP contribution is 2.19. The number of nitrogens with one attached hydrogen (secondary N) is 1. The molecule has 0 aliphatic carbocycles. The summed E-state index contributed by atoms with van der Waals surface area (Å²) in [6.45, 7) is 6.32. The average molecular weight is 354 g/mol. The summed E-state index contributed by atoms with van der Waals surface area (Å²) in [6.07, 6.45) is 3.95. The van der Waals surface area contributed by atoms with Crippen LogP contribution in [0.25, 0.3) is 0 Å². The molecule has 0 bridgehead atoms. The highest BCUT2D eigenvalue weighted by molar-refractivity contribution is 9.10. The van der Waals surface area contributed by atoms with Crippen LogP contribution in [0.5, 0.6) is 0 Å². The molecule has 21 heavy (non-hydrogen) atoms. The van der Waals surface area contributed by atoms with Gasteiger partial charge in [0.05, 0.1) is 5.56 Å². The van der Waals surface area contributed by atoms with E-state index in [9.17, 15) is 4.79 Å². The predicted octanol–water partition coefficient (Wildman–Crippen LogP) is 2.88. The van der Waals surface area contributed by atoms with Crippen LogP contribution in [0.2, 0.25) is 0 Å². The van der Waals surface area contributed by atoms with Crippen LogP contribution in [0, 0.1) is 5.92 Å². The van der Waals surface area contributed by atoms with Gasteiger partial charge in [-0.25, -0.2) is 0 Å². The Balaban J connectivity index is 1.81. The number of hydrogen-bond donors (Lipinski definition) is 2. The van der Waals surface area contributed by atoms with Gasteiger partial charge in [-0.1, -0.05) is 13.3 Å². The lowest BCUT2D eigenvalue weighted by molar-refractivity contribution is 0.0942. The van der Waals surface area contributed by atoms with Crippen molar-refractivity contribution in [2.24, 2.45) is 5.92 Å². The van der Waals surface area contributed by atoms with Gasteiger partial charge in [-0.15, -0.1) is 0 Å². The van der Waals surface area contributed by atoms with Crippen molar-refractivity contribution in [1.29, 1.82) is 0 Å². The normalized spacial score (nSPS) is 17.4. The number of piperidine rings is 1. The molecule has 1 heterocycles. The van der Waals surface area contributed by atoms with E-state index < -0.39 is 0 Å². The van der Waals surface area contributed by atoms with E-state index in [1.807, 2.05) is 0 Å². The molecular weight excluding hydrogens is 330 g/mol. The lowest BCUT2D eigenvalue weighted by Crippen LogP contribution is -2.38. The SMILES string of the molecule is CC(CNC(=O)c1cc(N)ccc1Br)CN1CCCCC1. The number of halogens is 1. The van der Waals surface area contributed by atoms with Crippen LogP contribution in [0.15, 0.2) is 22.7 Å². The van der Waals surface area contributed by atoms with Crippen molar-refractivity contribution in [2.75, 3.05) is 31.9 Å². The largest absolute Gasteiger partial charge is 0.399 e. The molecule has 2 rings (SSSR count). The van der Waals surface area contributed by atoms with Crippen molar-refractivity contribution in [2.45, 2.75) is 26.2 Å². The van der Waals surface area contributed by atoms with Crippen molar-refractivity contribution in [3.05, 3.63) is 28.2 Å². The van der Waals surface area contributed by atoms with Gasteiger partial charge in [-0.2, -0.15) is 0 Å². The van der Waals surface area contributed by atoms with Crippen LogP contribution < -0.4 is 11.1 Å². The van der Waals surface area contributed by atoms with Gasteiger partial charge < -0.3 is 16.0 Å². The number of anilines is 1. The maximum Gasteiger partial charge on any atom is 0.252 e. The minimum absolute atomic E-state index is 0.0698. The quantitative estimate of drug-likeness (QED) is 0.800. The summed E-state index contributed by atoms with van der Waals surface area (Å²) < 4.78 is 0.776. The third kappa shape index (κ3) is 5.00. The fraction of sp³-hybridized carbons (Fsp3) is 0.562. The zero-order chi connectivity index (χ0) is 15.2. The van der Waals surface area contributed by atoms with Crippen LogP contribution in [-0.4, -0.2) is 37.0 Å². The van der Waals surface area contributed by atoms with Gasteiger partial charge in [0.2, 0.25) is 0 Å². The van der Waals surface area contributed by atoms with Crippen molar-refractivity contribution >= 4 is 27.5 Å². The number of likely N-dealkylation sites (tertiary alicyclic amines) is 1. The first kappa shape index (κ1) is 16.3. The van der Waals surface area contributed by atoms with Crippen molar-refractivity contribution < 1.29 is 4.79 Å². The number of rotatable bonds is 5. The molecule has 4 nitrogen and oxygen atoms in total.